The fourth-order valence-corrected chi connectivity index (χ4v) is 3.38. The number of benzene rings is 3. The van der Waals surface area contributed by atoms with Crippen LogP contribution in [0.4, 0.5) is 11.4 Å². The van der Waals surface area contributed by atoms with E-state index in [0.717, 1.165) is 5.56 Å². The fourth-order valence-electron chi connectivity index (χ4n) is 3.38. The average molecular weight is 488 g/mol. The highest BCUT2D eigenvalue weighted by molar-refractivity contribution is 6.04. The number of nitrogens with zero attached hydrogens (tertiary/aromatic N) is 4. The van der Waals surface area contributed by atoms with Crippen LogP contribution >= 0.6 is 0 Å². The van der Waals surface area contributed by atoms with Gasteiger partial charge in [-0.2, -0.15) is 4.98 Å². The first kappa shape index (κ1) is 24.4. The lowest BCUT2D eigenvalue weighted by molar-refractivity contribution is -0.384. The van der Waals surface area contributed by atoms with Crippen LogP contribution in [0.2, 0.25) is 0 Å². The molecule has 0 saturated heterocycles. The molecule has 0 spiro atoms. The van der Waals surface area contributed by atoms with Gasteiger partial charge in [-0.25, -0.2) is 4.68 Å². The molecular formula is C26H25N5O5. The SMILES string of the molecule is COc1ccc(-c2nc(OCC(C)C)nn2-c2cccc(NC(=O)c3cccc([N+](=O)[O-])c3)c2)cc1. The highest BCUT2D eigenvalue weighted by atomic mass is 16.6. The first-order valence-corrected chi connectivity index (χ1v) is 11.2. The summed E-state index contributed by atoms with van der Waals surface area (Å²) in [5.41, 5.74) is 1.96. The van der Waals surface area contributed by atoms with E-state index in [1.807, 2.05) is 44.2 Å². The summed E-state index contributed by atoms with van der Waals surface area (Å²) in [6.07, 6.45) is 0. The van der Waals surface area contributed by atoms with E-state index >= 15 is 0 Å². The molecule has 184 valence electrons. The van der Waals surface area contributed by atoms with Gasteiger partial charge in [0.1, 0.15) is 5.75 Å². The molecule has 1 amide bonds. The Balaban J connectivity index is 1.66. The van der Waals surface area contributed by atoms with Crippen LogP contribution < -0.4 is 14.8 Å². The Morgan fingerprint density at radius 1 is 1.08 bits per heavy atom. The van der Waals surface area contributed by atoms with Gasteiger partial charge in [0.2, 0.25) is 0 Å². The number of aromatic nitrogens is 3. The Bertz CT molecular complexity index is 1380. The monoisotopic (exact) mass is 487 g/mol. The Hall–Kier alpha value is -4.73. The molecule has 0 aliphatic rings. The minimum absolute atomic E-state index is 0.155. The Kier molecular flexibility index (Phi) is 7.24. The maximum absolute atomic E-state index is 12.7. The summed E-state index contributed by atoms with van der Waals surface area (Å²) in [5.74, 6) is 1.10. The third-order valence-electron chi connectivity index (χ3n) is 5.15. The van der Waals surface area contributed by atoms with Crippen LogP contribution in [0.15, 0.2) is 72.8 Å². The summed E-state index contributed by atoms with van der Waals surface area (Å²) in [4.78, 5) is 27.8. The Morgan fingerprint density at radius 3 is 2.53 bits per heavy atom. The van der Waals surface area contributed by atoms with Crippen molar-refractivity contribution in [3.8, 4) is 28.8 Å². The van der Waals surface area contributed by atoms with E-state index in [4.69, 9.17) is 9.47 Å². The maximum atomic E-state index is 12.7. The van der Waals surface area contributed by atoms with Gasteiger partial charge in [-0.1, -0.05) is 26.0 Å². The quantitative estimate of drug-likeness (QED) is 0.256. The summed E-state index contributed by atoms with van der Waals surface area (Å²) in [7, 11) is 1.60. The molecule has 0 fully saturated rings. The molecule has 4 rings (SSSR count). The van der Waals surface area contributed by atoms with Crippen molar-refractivity contribution in [2.45, 2.75) is 13.8 Å². The fraction of sp³-hybridized carbons (Fsp3) is 0.192. The van der Waals surface area contributed by atoms with Crippen LogP contribution in [-0.4, -0.2) is 39.3 Å². The third kappa shape index (κ3) is 5.66. The van der Waals surface area contributed by atoms with Gasteiger partial charge < -0.3 is 14.8 Å². The van der Waals surface area contributed by atoms with E-state index in [2.05, 4.69) is 15.4 Å². The predicted octanol–water partition coefficient (Wildman–Crippen LogP) is 5.14. The zero-order chi connectivity index (χ0) is 25.7. The van der Waals surface area contributed by atoms with Crippen molar-refractivity contribution in [1.29, 1.82) is 0 Å². The number of hydrogen-bond donors (Lipinski definition) is 1. The van der Waals surface area contributed by atoms with Crippen LogP contribution in [-0.2, 0) is 0 Å². The molecule has 0 saturated carbocycles. The summed E-state index contributed by atoms with van der Waals surface area (Å²) in [5, 5.41) is 18.4. The number of ether oxygens (including phenoxy) is 2. The van der Waals surface area contributed by atoms with E-state index in [0.29, 0.717) is 35.5 Å². The lowest BCUT2D eigenvalue weighted by Crippen LogP contribution is -2.12. The summed E-state index contributed by atoms with van der Waals surface area (Å²) in [6.45, 7) is 4.54. The molecular weight excluding hydrogens is 462 g/mol. The minimum Gasteiger partial charge on any atom is -0.497 e. The zero-order valence-electron chi connectivity index (χ0n) is 20.0. The van der Waals surface area contributed by atoms with Gasteiger partial charge in [-0.3, -0.25) is 14.9 Å². The largest absolute Gasteiger partial charge is 0.497 e. The molecule has 36 heavy (non-hydrogen) atoms. The molecule has 4 aromatic rings. The lowest BCUT2D eigenvalue weighted by Gasteiger charge is -2.10. The highest BCUT2D eigenvalue weighted by Crippen LogP contribution is 2.27. The minimum atomic E-state index is -0.540. The van der Waals surface area contributed by atoms with Gasteiger partial charge in [0.25, 0.3) is 11.6 Å². The number of rotatable bonds is 9. The highest BCUT2D eigenvalue weighted by Gasteiger charge is 2.17. The van der Waals surface area contributed by atoms with Crippen molar-refractivity contribution in [1.82, 2.24) is 14.8 Å². The van der Waals surface area contributed by atoms with Gasteiger partial charge >= 0.3 is 6.01 Å². The van der Waals surface area contributed by atoms with Gasteiger partial charge in [0.05, 0.1) is 24.3 Å². The molecule has 0 unspecified atom stereocenters. The topological polar surface area (TPSA) is 121 Å². The summed E-state index contributed by atoms with van der Waals surface area (Å²) < 4.78 is 12.7. The molecule has 0 aliphatic carbocycles. The van der Waals surface area contributed by atoms with E-state index in [1.54, 1.807) is 30.0 Å². The number of amides is 1. The summed E-state index contributed by atoms with van der Waals surface area (Å²) >= 11 is 0. The molecule has 1 N–H and O–H groups in total. The van der Waals surface area contributed by atoms with Gasteiger partial charge in [0.15, 0.2) is 5.82 Å². The van der Waals surface area contributed by atoms with Crippen LogP contribution in [0, 0.1) is 16.0 Å². The second-order valence-corrected chi connectivity index (χ2v) is 8.38. The van der Waals surface area contributed by atoms with Crippen LogP contribution in [0.3, 0.4) is 0 Å². The van der Waals surface area contributed by atoms with Gasteiger partial charge in [-0.05, 0) is 54.4 Å². The second kappa shape index (κ2) is 10.7. The molecule has 1 aromatic heterocycles. The number of hydrogen-bond acceptors (Lipinski definition) is 7. The average Bonchev–Trinajstić information content (AvgIpc) is 3.32. The van der Waals surface area contributed by atoms with Crippen molar-refractivity contribution < 1.29 is 19.2 Å². The van der Waals surface area contributed by atoms with E-state index in [1.165, 1.54) is 24.3 Å². The summed E-state index contributed by atoms with van der Waals surface area (Å²) in [6, 6.07) is 20.3. The molecule has 0 atom stereocenters. The van der Waals surface area contributed by atoms with Crippen LogP contribution in [0.25, 0.3) is 17.1 Å². The van der Waals surface area contributed by atoms with E-state index in [-0.39, 0.29) is 17.3 Å². The van der Waals surface area contributed by atoms with E-state index < -0.39 is 10.8 Å². The van der Waals surface area contributed by atoms with Crippen LogP contribution in [0.1, 0.15) is 24.2 Å². The van der Waals surface area contributed by atoms with Gasteiger partial charge in [-0.15, -0.1) is 5.10 Å². The van der Waals surface area contributed by atoms with Crippen molar-refractivity contribution in [3.05, 3.63) is 88.5 Å². The van der Waals surface area contributed by atoms with Crippen molar-refractivity contribution in [2.24, 2.45) is 5.92 Å². The number of nitrogens with one attached hydrogen (secondary N) is 1. The molecule has 3 aromatic carbocycles. The molecule has 10 nitrogen and oxygen atoms in total. The van der Waals surface area contributed by atoms with Crippen molar-refractivity contribution >= 4 is 17.3 Å². The smallest absolute Gasteiger partial charge is 0.336 e. The lowest BCUT2D eigenvalue weighted by atomic mass is 10.1. The standard InChI is InChI=1S/C26H25N5O5/c1-17(2)16-36-26-28-24(18-10-12-23(35-3)13-11-18)30(29-26)21-8-5-7-20(15-21)27-25(32)19-6-4-9-22(14-19)31(33)34/h4-15,17H,16H2,1-3H3,(H,27,32). The first-order valence-electron chi connectivity index (χ1n) is 11.2. The second-order valence-electron chi connectivity index (χ2n) is 8.38. The Morgan fingerprint density at radius 2 is 1.83 bits per heavy atom. The number of nitro groups is 1. The predicted molar refractivity (Wildman–Crippen MR) is 135 cm³/mol. The van der Waals surface area contributed by atoms with Crippen molar-refractivity contribution in [2.75, 3.05) is 19.0 Å². The zero-order valence-corrected chi connectivity index (χ0v) is 20.0. The maximum Gasteiger partial charge on any atom is 0.336 e. The molecule has 10 heteroatoms. The van der Waals surface area contributed by atoms with Crippen molar-refractivity contribution in [3.63, 3.8) is 0 Å². The number of non-ortho nitro benzene ring substituents is 1. The molecule has 0 radical (unpaired) electrons. The number of nitro benzene ring substituents is 1. The molecule has 1 heterocycles. The number of anilines is 1. The normalized spacial score (nSPS) is 10.8. The van der Waals surface area contributed by atoms with E-state index in [9.17, 15) is 14.9 Å². The molecule has 0 aliphatic heterocycles. The van der Waals surface area contributed by atoms with Crippen LogP contribution in [0.5, 0.6) is 11.8 Å². The van der Waals surface area contributed by atoms with Gasteiger partial charge in [0, 0.05) is 28.9 Å². The Labute approximate surface area is 207 Å². The number of carbonyl (C=O) groups excluding carboxylic acids is 1. The number of methoxy groups -OCH3 is 1. The first-order chi connectivity index (χ1) is 17.3. The number of carbonyl (C=O) groups is 1. The molecule has 0 bridgehead atoms. The third-order valence-corrected chi connectivity index (χ3v) is 5.15.